The van der Waals surface area contributed by atoms with Gasteiger partial charge in [0, 0.05) is 19.7 Å². The van der Waals surface area contributed by atoms with Gasteiger partial charge < -0.3 is 5.32 Å². The first-order chi connectivity index (χ1) is 10.9. The highest BCUT2D eigenvalue weighted by molar-refractivity contribution is 7.89. The van der Waals surface area contributed by atoms with Gasteiger partial charge in [0.2, 0.25) is 10.0 Å². The van der Waals surface area contributed by atoms with Gasteiger partial charge in [0.1, 0.15) is 6.07 Å². The molecule has 0 aliphatic heterocycles. The minimum absolute atomic E-state index is 0.108. The summed E-state index contributed by atoms with van der Waals surface area (Å²) in [4.78, 5) is 12.3. The highest BCUT2D eigenvalue weighted by Crippen LogP contribution is 2.17. The van der Waals surface area contributed by atoms with Crippen LogP contribution in [0.25, 0.3) is 0 Å². The number of anilines is 1. The second-order valence-electron chi connectivity index (χ2n) is 4.92. The van der Waals surface area contributed by atoms with Gasteiger partial charge in [0.25, 0.3) is 5.91 Å². The Kier molecular flexibility index (Phi) is 4.79. The van der Waals surface area contributed by atoms with Crippen molar-refractivity contribution in [1.29, 1.82) is 5.26 Å². The Morgan fingerprint density at radius 1 is 1.09 bits per heavy atom. The van der Waals surface area contributed by atoms with Crippen LogP contribution in [-0.2, 0) is 10.0 Å². The maximum absolute atomic E-state index is 12.2. The number of hydrogen-bond acceptors (Lipinski definition) is 4. The number of carbonyl (C=O) groups excluding carboxylic acids is 1. The fourth-order valence-corrected chi connectivity index (χ4v) is 2.77. The van der Waals surface area contributed by atoms with E-state index in [1.807, 2.05) is 6.07 Å². The summed E-state index contributed by atoms with van der Waals surface area (Å²) in [5.74, 6) is -0.415. The van der Waals surface area contributed by atoms with Crippen molar-refractivity contribution in [2.45, 2.75) is 4.90 Å². The number of para-hydroxylation sites is 1. The van der Waals surface area contributed by atoms with Gasteiger partial charge in [-0.1, -0.05) is 12.1 Å². The number of benzene rings is 2. The molecule has 118 valence electrons. The van der Waals surface area contributed by atoms with Crippen LogP contribution in [0.15, 0.2) is 53.4 Å². The Bertz CT molecular complexity index is 866. The van der Waals surface area contributed by atoms with E-state index in [0.717, 1.165) is 4.31 Å². The molecule has 0 unspecified atom stereocenters. The molecule has 0 atom stereocenters. The number of hydrogen-bond donors (Lipinski definition) is 1. The summed E-state index contributed by atoms with van der Waals surface area (Å²) in [7, 11) is -0.652. The molecule has 0 saturated carbocycles. The zero-order valence-corrected chi connectivity index (χ0v) is 13.5. The second kappa shape index (κ2) is 6.60. The topological polar surface area (TPSA) is 90.3 Å². The van der Waals surface area contributed by atoms with Gasteiger partial charge in [0.05, 0.1) is 16.1 Å². The molecule has 0 radical (unpaired) electrons. The Labute approximate surface area is 135 Å². The summed E-state index contributed by atoms with van der Waals surface area (Å²) in [6.07, 6.45) is 0. The van der Waals surface area contributed by atoms with Gasteiger partial charge in [-0.2, -0.15) is 5.26 Å². The monoisotopic (exact) mass is 329 g/mol. The van der Waals surface area contributed by atoms with Crippen LogP contribution in [0.3, 0.4) is 0 Å². The quantitative estimate of drug-likeness (QED) is 0.929. The molecule has 23 heavy (non-hydrogen) atoms. The third-order valence-electron chi connectivity index (χ3n) is 3.19. The van der Waals surface area contributed by atoms with E-state index in [1.54, 1.807) is 24.3 Å². The van der Waals surface area contributed by atoms with E-state index < -0.39 is 15.9 Å². The summed E-state index contributed by atoms with van der Waals surface area (Å²) >= 11 is 0. The molecule has 0 bridgehead atoms. The number of sulfonamides is 1. The highest BCUT2D eigenvalue weighted by Gasteiger charge is 2.17. The largest absolute Gasteiger partial charge is 0.321 e. The van der Waals surface area contributed by atoms with Crippen LogP contribution in [-0.4, -0.2) is 32.7 Å². The molecule has 0 saturated heterocycles. The van der Waals surface area contributed by atoms with Crippen molar-refractivity contribution in [3.8, 4) is 6.07 Å². The van der Waals surface area contributed by atoms with E-state index in [0.29, 0.717) is 16.8 Å². The van der Waals surface area contributed by atoms with Crippen LogP contribution in [0.4, 0.5) is 5.69 Å². The maximum atomic E-state index is 12.2. The molecule has 2 aromatic carbocycles. The van der Waals surface area contributed by atoms with Crippen molar-refractivity contribution in [3.05, 3.63) is 59.7 Å². The van der Waals surface area contributed by atoms with E-state index in [2.05, 4.69) is 5.32 Å². The van der Waals surface area contributed by atoms with Crippen LogP contribution >= 0.6 is 0 Å². The van der Waals surface area contributed by atoms with Crippen LogP contribution in [0.5, 0.6) is 0 Å². The predicted octanol–water partition coefficient (Wildman–Crippen LogP) is 2.06. The lowest BCUT2D eigenvalue weighted by molar-refractivity contribution is 0.102. The molecule has 0 spiro atoms. The van der Waals surface area contributed by atoms with Gasteiger partial charge in [-0.3, -0.25) is 4.79 Å². The summed E-state index contributed by atoms with van der Waals surface area (Å²) in [6, 6.07) is 14.2. The summed E-state index contributed by atoms with van der Waals surface area (Å²) in [6.45, 7) is 0. The molecule has 0 aliphatic rings. The first-order valence-corrected chi connectivity index (χ1v) is 8.13. The van der Waals surface area contributed by atoms with Crippen LogP contribution in [0, 0.1) is 11.3 Å². The highest BCUT2D eigenvalue weighted by atomic mass is 32.2. The molecule has 2 rings (SSSR count). The van der Waals surface area contributed by atoms with E-state index in [4.69, 9.17) is 5.26 Å². The molecule has 1 N–H and O–H groups in total. The summed E-state index contributed by atoms with van der Waals surface area (Å²) in [5, 5.41) is 11.6. The third-order valence-corrected chi connectivity index (χ3v) is 5.02. The van der Waals surface area contributed by atoms with Gasteiger partial charge in [-0.05, 0) is 36.4 Å². The molecule has 7 heteroatoms. The number of nitriles is 1. The van der Waals surface area contributed by atoms with Gasteiger partial charge in [-0.15, -0.1) is 0 Å². The number of rotatable bonds is 4. The normalized spacial score (nSPS) is 11.0. The van der Waals surface area contributed by atoms with Gasteiger partial charge in [0.15, 0.2) is 0 Å². The first kappa shape index (κ1) is 16.7. The average molecular weight is 329 g/mol. The van der Waals surface area contributed by atoms with Crippen LogP contribution in [0.2, 0.25) is 0 Å². The maximum Gasteiger partial charge on any atom is 0.255 e. The number of carbonyl (C=O) groups is 1. The molecule has 0 aromatic heterocycles. The lowest BCUT2D eigenvalue weighted by atomic mass is 10.1. The van der Waals surface area contributed by atoms with E-state index >= 15 is 0 Å². The van der Waals surface area contributed by atoms with Crippen molar-refractivity contribution in [3.63, 3.8) is 0 Å². The van der Waals surface area contributed by atoms with Crippen molar-refractivity contribution < 1.29 is 13.2 Å². The SMILES string of the molecule is CN(C)S(=O)(=O)c1ccc(C(=O)Nc2ccccc2C#N)cc1. The average Bonchev–Trinajstić information content (AvgIpc) is 2.55. The molecule has 1 amide bonds. The fraction of sp³-hybridized carbons (Fsp3) is 0.125. The summed E-state index contributed by atoms with van der Waals surface area (Å²) in [5.41, 5.74) is 1.06. The standard InChI is InChI=1S/C16H15N3O3S/c1-19(2)23(21,22)14-9-7-12(8-10-14)16(20)18-15-6-4-3-5-13(15)11-17/h3-10H,1-2H3,(H,18,20). The van der Waals surface area contributed by atoms with Crippen LogP contribution in [0.1, 0.15) is 15.9 Å². The van der Waals surface area contributed by atoms with E-state index in [9.17, 15) is 13.2 Å². The second-order valence-corrected chi connectivity index (χ2v) is 7.08. The zero-order chi connectivity index (χ0) is 17.0. The van der Waals surface area contributed by atoms with Gasteiger partial charge >= 0.3 is 0 Å². The number of nitrogens with zero attached hydrogens (tertiary/aromatic N) is 2. The lowest BCUT2D eigenvalue weighted by Gasteiger charge is -2.12. The first-order valence-electron chi connectivity index (χ1n) is 6.69. The fourth-order valence-electron chi connectivity index (χ4n) is 1.87. The van der Waals surface area contributed by atoms with E-state index in [1.165, 1.54) is 38.4 Å². The Morgan fingerprint density at radius 2 is 1.70 bits per heavy atom. The smallest absolute Gasteiger partial charge is 0.255 e. The van der Waals surface area contributed by atoms with Crippen molar-refractivity contribution in [2.24, 2.45) is 0 Å². The number of amides is 1. The summed E-state index contributed by atoms with van der Waals surface area (Å²) < 4.78 is 25.1. The third kappa shape index (κ3) is 3.56. The van der Waals surface area contributed by atoms with Crippen molar-refractivity contribution in [2.75, 3.05) is 19.4 Å². The van der Waals surface area contributed by atoms with Crippen molar-refractivity contribution >= 4 is 21.6 Å². The van der Waals surface area contributed by atoms with Crippen molar-refractivity contribution in [1.82, 2.24) is 4.31 Å². The predicted molar refractivity (Wildman–Crippen MR) is 86.4 cm³/mol. The Hall–Kier alpha value is -2.69. The molecule has 0 aliphatic carbocycles. The van der Waals surface area contributed by atoms with Crippen LogP contribution < -0.4 is 5.32 Å². The molecule has 0 heterocycles. The minimum Gasteiger partial charge on any atom is -0.321 e. The lowest BCUT2D eigenvalue weighted by Crippen LogP contribution is -2.22. The zero-order valence-electron chi connectivity index (χ0n) is 12.6. The molecular formula is C16H15N3O3S. The minimum atomic E-state index is -3.53. The molecule has 0 fully saturated rings. The molecular weight excluding hydrogens is 314 g/mol. The molecule has 2 aromatic rings. The van der Waals surface area contributed by atoms with Gasteiger partial charge in [-0.25, -0.2) is 12.7 Å². The number of nitrogens with one attached hydrogen (secondary N) is 1. The Balaban J connectivity index is 2.23. The molecule has 6 nitrogen and oxygen atoms in total. The Morgan fingerprint density at radius 3 is 2.26 bits per heavy atom. The van der Waals surface area contributed by atoms with E-state index in [-0.39, 0.29) is 4.90 Å².